The fourth-order valence-corrected chi connectivity index (χ4v) is 3.54. The first-order valence-corrected chi connectivity index (χ1v) is 10.5. The number of unbranched alkanes of at least 4 members (excludes halogenated alkanes) is 4. The van der Waals surface area contributed by atoms with Gasteiger partial charge in [0.2, 0.25) is 0 Å². The topological polar surface area (TPSA) is 9.23 Å². The third-order valence-electron chi connectivity index (χ3n) is 5.22. The van der Waals surface area contributed by atoms with Crippen molar-refractivity contribution in [3.8, 4) is 28.0 Å². The molecule has 0 aliphatic heterocycles. The summed E-state index contributed by atoms with van der Waals surface area (Å²) in [7, 11) is 0. The van der Waals surface area contributed by atoms with E-state index in [1.165, 1.54) is 55.9 Å². The van der Waals surface area contributed by atoms with E-state index in [1.807, 2.05) is 18.2 Å². The fourth-order valence-electron chi connectivity index (χ4n) is 3.54. The van der Waals surface area contributed by atoms with Crippen LogP contribution in [0.2, 0.25) is 0 Å². The minimum absolute atomic E-state index is 0.0521. The first kappa shape index (κ1) is 21.9. The molecule has 0 bridgehead atoms. The van der Waals surface area contributed by atoms with Gasteiger partial charge in [-0.05, 0) is 53.3 Å². The molecule has 0 amide bonds. The summed E-state index contributed by atoms with van der Waals surface area (Å²) < 4.78 is 43.6. The average molecular weight is 412 g/mol. The van der Waals surface area contributed by atoms with Crippen LogP contribution in [0, 0.1) is 5.82 Å². The highest BCUT2D eigenvalue weighted by Crippen LogP contribution is 2.29. The zero-order valence-electron chi connectivity index (χ0n) is 17.2. The number of halogens is 3. The van der Waals surface area contributed by atoms with Crippen LogP contribution >= 0.6 is 0 Å². The van der Waals surface area contributed by atoms with Gasteiger partial charge < -0.3 is 4.74 Å². The van der Waals surface area contributed by atoms with E-state index >= 15 is 0 Å². The van der Waals surface area contributed by atoms with Gasteiger partial charge in [0.1, 0.15) is 11.6 Å². The van der Waals surface area contributed by atoms with Crippen LogP contribution in [0.25, 0.3) is 22.3 Å². The molecule has 4 heteroatoms. The Morgan fingerprint density at radius 3 is 2.00 bits per heavy atom. The predicted octanol–water partition coefficient (Wildman–Crippen LogP) is 8.27. The van der Waals surface area contributed by atoms with E-state index in [2.05, 4.69) is 23.8 Å². The lowest BCUT2D eigenvalue weighted by atomic mass is 9.98. The van der Waals surface area contributed by atoms with Gasteiger partial charge in [-0.25, -0.2) is 4.39 Å². The maximum atomic E-state index is 14.7. The zero-order valence-corrected chi connectivity index (χ0v) is 17.2. The van der Waals surface area contributed by atoms with E-state index in [9.17, 15) is 13.2 Å². The second kappa shape index (κ2) is 10.9. The number of aryl methyl sites for hydroxylation is 1. The van der Waals surface area contributed by atoms with Gasteiger partial charge in [-0.2, -0.15) is 8.78 Å². The molecule has 0 saturated carbocycles. The molecule has 0 N–H and O–H groups in total. The number of benzene rings is 3. The molecule has 3 aromatic rings. The maximum Gasteiger partial charge on any atom is 0.387 e. The Labute approximate surface area is 176 Å². The lowest BCUT2D eigenvalue weighted by molar-refractivity contribution is -0.0498. The summed E-state index contributed by atoms with van der Waals surface area (Å²) in [6, 6.07) is 19.4. The van der Waals surface area contributed by atoms with Crippen LogP contribution in [-0.2, 0) is 6.42 Å². The lowest BCUT2D eigenvalue weighted by Gasteiger charge is -2.09. The largest absolute Gasteiger partial charge is 0.435 e. The SMILES string of the molecule is CCCCCCCc1ccc(-c2ccc(-c3ccc(OC(F)F)cc3)c(F)c2)cc1. The fraction of sp³-hybridized carbons (Fsp3) is 0.308. The summed E-state index contributed by atoms with van der Waals surface area (Å²) in [5.74, 6) is -0.300. The minimum Gasteiger partial charge on any atom is -0.435 e. The molecule has 0 unspecified atom stereocenters. The number of rotatable bonds is 10. The lowest BCUT2D eigenvalue weighted by Crippen LogP contribution is -2.01. The Morgan fingerprint density at radius 2 is 1.37 bits per heavy atom. The van der Waals surface area contributed by atoms with Crippen LogP contribution in [0.3, 0.4) is 0 Å². The molecule has 0 radical (unpaired) electrons. The smallest absolute Gasteiger partial charge is 0.387 e. The van der Waals surface area contributed by atoms with Crippen LogP contribution in [0.15, 0.2) is 66.7 Å². The third kappa shape index (κ3) is 6.12. The minimum atomic E-state index is -2.88. The molecule has 30 heavy (non-hydrogen) atoms. The molecular weight excluding hydrogens is 385 g/mol. The molecule has 0 saturated heterocycles. The summed E-state index contributed by atoms with van der Waals surface area (Å²) in [5, 5.41) is 0. The molecule has 0 spiro atoms. The van der Waals surface area contributed by atoms with Crippen LogP contribution in [0.1, 0.15) is 44.6 Å². The molecule has 0 aliphatic rings. The Balaban J connectivity index is 1.66. The van der Waals surface area contributed by atoms with Crippen molar-refractivity contribution in [3.63, 3.8) is 0 Å². The Kier molecular flexibility index (Phi) is 7.95. The van der Waals surface area contributed by atoms with Crippen molar-refractivity contribution in [2.75, 3.05) is 0 Å². The average Bonchev–Trinajstić information content (AvgIpc) is 2.74. The Morgan fingerprint density at radius 1 is 0.733 bits per heavy atom. The Hall–Kier alpha value is -2.75. The van der Waals surface area contributed by atoms with E-state index in [1.54, 1.807) is 18.2 Å². The van der Waals surface area contributed by atoms with Gasteiger partial charge in [0, 0.05) is 5.56 Å². The Bertz CT molecular complexity index is 918. The highest BCUT2D eigenvalue weighted by molar-refractivity contribution is 5.71. The molecule has 0 aromatic heterocycles. The van der Waals surface area contributed by atoms with Crippen molar-refractivity contribution in [2.24, 2.45) is 0 Å². The molecule has 3 aromatic carbocycles. The summed E-state index contributed by atoms with van der Waals surface area (Å²) in [4.78, 5) is 0. The molecule has 3 rings (SSSR count). The van der Waals surface area contributed by atoms with Crippen molar-refractivity contribution in [3.05, 3.63) is 78.1 Å². The maximum absolute atomic E-state index is 14.7. The molecular formula is C26H27F3O. The first-order chi connectivity index (χ1) is 14.6. The van der Waals surface area contributed by atoms with Gasteiger partial charge >= 0.3 is 6.61 Å². The van der Waals surface area contributed by atoms with Crippen LogP contribution in [-0.4, -0.2) is 6.61 Å². The molecule has 0 atom stereocenters. The molecule has 0 aliphatic carbocycles. The van der Waals surface area contributed by atoms with E-state index in [-0.39, 0.29) is 11.6 Å². The second-order valence-corrected chi connectivity index (χ2v) is 7.46. The monoisotopic (exact) mass is 412 g/mol. The van der Waals surface area contributed by atoms with Crippen molar-refractivity contribution >= 4 is 0 Å². The number of hydrogen-bond donors (Lipinski definition) is 0. The summed E-state index contributed by atoms with van der Waals surface area (Å²) >= 11 is 0. The van der Waals surface area contributed by atoms with E-state index < -0.39 is 6.61 Å². The van der Waals surface area contributed by atoms with Gasteiger partial charge in [-0.1, -0.05) is 81.1 Å². The third-order valence-corrected chi connectivity index (χ3v) is 5.22. The van der Waals surface area contributed by atoms with E-state index in [0.717, 1.165) is 17.5 Å². The van der Waals surface area contributed by atoms with Crippen LogP contribution in [0.5, 0.6) is 5.75 Å². The summed E-state index contributed by atoms with van der Waals surface area (Å²) in [6.07, 6.45) is 7.38. The van der Waals surface area contributed by atoms with Crippen LogP contribution < -0.4 is 4.74 Å². The van der Waals surface area contributed by atoms with Gasteiger partial charge in [-0.15, -0.1) is 0 Å². The van der Waals surface area contributed by atoms with Crippen molar-refractivity contribution < 1.29 is 17.9 Å². The number of alkyl halides is 2. The van der Waals surface area contributed by atoms with Crippen molar-refractivity contribution in [1.82, 2.24) is 0 Å². The normalized spacial score (nSPS) is 11.1. The highest BCUT2D eigenvalue weighted by atomic mass is 19.3. The second-order valence-electron chi connectivity index (χ2n) is 7.46. The van der Waals surface area contributed by atoms with Gasteiger partial charge in [-0.3, -0.25) is 0 Å². The molecule has 158 valence electrons. The van der Waals surface area contributed by atoms with E-state index in [4.69, 9.17) is 0 Å². The molecule has 0 fully saturated rings. The number of hydrogen-bond acceptors (Lipinski definition) is 1. The first-order valence-electron chi connectivity index (χ1n) is 10.5. The zero-order chi connectivity index (χ0) is 21.3. The van der Waals surface area contributed by atoms with Crippen molar-refractivity contribution in [2.45, 2.75) is 52.1 Å². The highest BCUT2D eigenvalue weighted by Gasteiger charge is 2.09. The standard InChI is InChI=1S/C26H27F3O/c1-2-3-4-5-6-7-19-8-10-20(11-9-19)22-14-17-24(25(27)18-22)21-12-15-23(16-13-21)30-26(28)29/h8-18,26H,2-7H2,1H3. The van der Waals surface area contributed by atoms with E-state index in [0.29, 0.717) is 11.1 Å². The quantitative estimate of drug-likeness (QED) is 0.304. The van der Waals surface area contributed by atoms with Gasteiger partial charge in [0.15, 0.2) is 0 Å². The van der Waals surface area contributed by atoms with Gasteiger partial charge in [0.05, 0.1) is 0 Å². The molecule has 1 nitrogen and oxygen atoms in total. The summed E-state index contributed by atoms with van der Waals surface area (Å²) in [5.41, 5.74) is 4.11. The summed E-state index contributed by atoms with van der Waals surface area (Å²) in [6.45, 7) is -0.658. The van der Waals surface area contributed by atoms with Crippen molar-refractivity contribution in [1.29, 1.82) is 0 Å². The number of ether oxygens (including phenoxy) is 1. The molecule has 0 heterocycles. The predicted molar refractivity (Wildman–Crippen MR) is 116 cm³/mol. The van der Waals surface area contributed by atoms with Crippen LogP contribution in [0.4, 0.5) is 13.2 Å². The van der Waals surface area contributed by atoms with Gasteiger partial charge in [0.25, 0.3) is 0 Å².